The van der Waals surface area contributed by atoms with E-state index >= 15 is 0 Å². The predicted octanol–water partition coefficient (Wildman–Crippen LogP) is -0.740. The second-order valence-corrected chi connectivity index (χ2v) is 4.39. The minimum absolute atomic E-state index is 0.210. The van der Waals surface area contributed by atoms with Crippen molar-refractivity contribution in [2.24, 2.45) is 7.05 Å². The van der Waals surface area contributed by atoms with Crippen LogP contribution < -0.4 is 5.32 Å². The molecule has 0 saturated carbocycles. The molecule has 1 heterocycles. The SMILES string of the molecule is CC(CN(C)CCO)NCCc1ncnn1C. The van der Waals surface area contributed by atoms with Gasteiger partial charge in [-0.05, 0) is 14.0 Å². The molecule has 17 heavy (non-hydrogen) atoms. The van der Waals surface area contributed by atoms with Crippen molar-refractivity contribution in [1.29, 1.82) is 0 Å². The zero-order valence-electron chi connectivity index (χ0n) is 10.9. The quantitative estimate of drug-likeness (QED) is 0.627. The number of aliphatic hydroxyl groups excluding tert-OH is 1. The van der Waals surface area contributed by atoms with Crippen LogP contribution in [0.2, 0.25) is 0 Å². The maximum atomic E-state index is 8.80. The molecule has 0 bridgehead atoms. The number of hydrogen-bond donors (Lipinski definition) is 2. The summed E-state index contributed by atoms with van der Waals surface area (Å²) in [5.41, 5.74) is 0. The van der Waals surface area contributed by atoms with Gasteiger partial charge < -0.3 is 15.3 Å². The van der Waals surface area contributed by atoms with Gasteiger partial charge in [0.2, 0.25) is 0 Å². The van der Waals surface area contributed by atoms with Crippen molar-refractivity contribution in [3.05, 3.63) is 12.2 Å². The first kappa shape index (κ1) is 14.1. The molecule has 1 atom stereocenters. The monoisotopic (exact) mass is 241 g/mol. The average molecular weight is 241 g/mol. The van der Waals surface area contributed by atoms with Crippen molar-refractivity contribution in [2.75, 3.05) is 33.3 Å². The van der Waals surface area contributed by atoms with E-state index in [4.69, 9.17) is 5.11 Å². The summed E-state index contributed by atoms with van der Waals surface area (Å²) in [6.07, 6.45) is 2.46. The molecule has 98 valence electrons. The lowest BCUT2D eigenvalue weighted by atomic mass is 10.3. The van der Waals surface area contributed by atoms with Crippen molar-refractivity contribution in [3.8, 4) is 0 Å². The molecule has 0 amide bonds. The first-order valence-corrected chi connectivity index (χ1v) is 5.99. The number of hydrogen-bond acceptors (Lipinski definition) is 5. The second kappa shape index (κ2) is 7.37. The van der Waals surface area contributed by atoms with Gasteiger partial charge in [-0.1, -0.05) is 0 Å². The summed E-state index contributed by atoms with van der Waals surface area (Å²) in [4.78, 5) is 6.28. The first-order chi connectivity index (χ1) is 8.13. The van der Waals surface area contributed by atoms with Gasteiger partial charge >= 0.3 is 0 Å². The Morgan fingerprint density at radius 1 is 1.59 bits per heavy atom. The van der Waals surface area contributed by atoms with Crippen molar-refractivity contribution >= 4 is 0 Å². The molecule has 1 rings (SSSR count). The molecule has 0 aliphatic rings. The summed E-state index contributed by atoms with van der Waals surface area (Å²) >= 11 is 0. The molecular formula is C11H23N5O. The van der Waals surface area contributed by atoms with E-state index in [-0.39, 0.29) is 6.61 Å². The van der Waals surface area contributed by atoms with E-state index < -0.39 is 0 Å². The van der Waals surface area contributed by atoms with Gasteiger partial charge in [0.1, 0.15) is 12.2 Å². The highest BCUT2D eigenvalue weighted by Crippen LogP contribution is 1.93. The number of rotatable bonds is 8. The van der Waals surface area contributed by atoms with E-state index in [1.54, 1.807) is 11.0 Å². The Morgan fingerprint density at radius 2 is 2.35 bits per heavy atom. The van der Waals surface area contributed by atoms with Crippen LogP contribution in [0.3, 0.4) is 0 Å². The Labute approximate surface area is 103 Å². The fourth-order valence-electron chi connectivity index (χ4n) is 1.77. The summed E-state index contributed by atoms with van der Waals surface area (Å²) in [5.74, 6) is 0.994. The molecule has 6 heteroatoms. The molecule has 0 fully saturated rings. The van der Waals surface area contributed by atoms with E-state index in [0.717, 1.165) is 31.9 Å². The Hall–Kier alpha value is -0.980. The van der Waals surface area contributed by atoms with Crippen molar-refractivity contribution in [1.82, 2.24) is 25.0 Å². The molecular weight excluding hydrogens is 218 g/mol. The second-order valence-electron chi connectivity index (χ2n) is 4.39. The van der Waals surface area contributed by atoms with Gasteiger partial charge in [0, 0.05) is 39.1 Å². The molecule has 1 aromatic rings. The zero-order valence-corrected chi connectivity index (χ0v) is 10.9. The molecule has 0 spiro atoms. The van der Waals surface area contributed by atoms with Gasteiger partial charge in [0.25, 0.3) is 0 Å². The summed E-state index contributed by atoms with van der Waals surface area (Å²) in [6.45, 7) is 4.89. The van der Waals surface area contributed by atoms with E-state index in [1.165, 1.54) is 0 Å². The lowest BCUT2D eigenvalue weighted by Gasteiger charge is -2.21. The van der Waals surface area contributed by atoms with Crippen LogP contribution in [0.4, 0.5) is 0 Å². The standard InChI is InChI=1S/C11H23N5O/c1-10(8-15(2)6-7-17)12-5-4-11-13-9-14-16(11)3/h9-10,12,17H,4-8H2,1-3H3. The zero-order chi connectivity index (χ0) is 12.7. The third-order valence-corrected chi connectivity index (χ3v) is 2.71. The maximum Gasteiger partial charge on any atom is 0.138 e. The van der Waals surface area contributed by atoms with Gasteiger partial charge in [-0.3, -0.25) is 4.68 Å². The topological polar surface area (TPSA) is 66.2 Å². The molecule has 0 aromatic carbocycles. The summed E-state index contributed by atoms with van der Waals surface area (Å²) in [6, 6.07) is 0.403. The summed E-state index contributed by atoms with van der Waals surface area (Å²) < 4.78 is 1.80. The van der Waals surface area contributed by atoms with Crippen molar-refractivity contribution < 1.29 is 5.11 Å². The van der Waals surface area contributed by atoms with Crippen LogP contribution in [0.5, 0.6) is 0 Å². The molecule has 2 N–H and O–H groups in total. The smallest absolute Gasteiger partial charge is 0.138 e. The largest absolute Gasteiger partial charge is 0.395 e. The molecule has 0 aliphatic carbocycles. The highest BCUT2D eigenvalue weighted by molar-refractivity contribution is 4.84. The van der Waals surface area contributed by atoms with E-state index in [9.17, 15) is 0 Å². The molecule has 0 aliphatic heterocycles. The first-order valence-electron chi connectivity index (χ1n) is 5.99. The van der Waals surface area contributed by atoms with Gasteiger partial charge in [0.15, 0.2) is 0 Å². The fourth-order valence-corrected chi connectivity index (χ4v) is 1.77. The highest BCUT2D eigenvalue weighted by atomic mass is 16.3. The van der Waals surface area contributed by atoms with E-state index in [1.807, 2.05) is 14.1 Å². The van der Waals surface area contributed by atoms with E-state index in [2.05, 4.69) is 27.2 Å². The van der Waals surface area contributed by atoms with Crippen LogP contribution in [-0.4, -0.2) is 64.1 Å². The Morgan fingerprint density at radius 3 is 2.94 bits per heavy atom. The highest BCUT2D eigenvalue weighted by Gasteiger charge is 2.06. The Kier molecular flexibility index (Phi) is 6.10. The van der Waals surface area contributed by atoms with Crippen molar-refractivity contribution in [2.45, 2.75) is 19.4 Å². The van der Waals surface area contributed by atoms with Crippen LogP contribution in [0.1, 0.15) is 12.7 Å². The van der Waals surface area contributed by atoms with Crippen LogP contribution in [-0.2, 0) is 13.5 Å². The van der Waals surface area contributed by atoms with Gasteiger partial charge in [0.05, 0.1) is 6.61 Å². The summed E-state index contributed by atoms with van der Waals surface area (Å²) in [7, 11) is 3.91. The number of aliphatic hydroxyl groups is 1. The molecule has 6 nitrogen and oxygen atoms in total. The van der Waals surface area contributed by atoms with Gasteiger partial charge in [-0.25, -0.2) is 4.98 Å². The van der Waals surface area contributed by atoms with Crippen LogP contribution in [0.15, 0.2) is 6.33 Å². The Bertz CT molecular complexity index is 315. The van der Waals surface area contributed by atoms with Crippen molar-refractivity contribution in [3.63, 3.8) is 0 Å². The van der Waals surface area contributed by atoms with Crippen LogP contribution >= 0.6 is 0 Å². The third kappa shape index (κ3) is 5.25. The van der Waals surface area contributed by atoms with E-state index in [0.29, 0.717) is 6.04 Å². The minimum Gasteiger partial charge on any atom is -0.395 e. The normalized spacial score (nSPS) is 13.2. The van der Waals surface area contributed by atoms with Crippen LogP contribution in [0, 0.1) is 0 Å². The van der Waals surface area contributed by atoms with Gasteiger partial charge in [-0.2, -0.15) is 5.10 Å². The average Bonchev–Trinajstić information content (AvgIpc) is 2.64. The lowest BCUT2D eigenvalue weighted by Crippen LogP contribution is -2.39. The number of aromatic nitrogens is 3. The molecule has 0 radical (unpaired) electrons. The Balaban J connectivity index is 2.16. The molecule has 0 saturated heterocycles. The number of nitrogens with zero attached hydrogens (tertiary/aromatic N) is 4. The molecule has 1 unspecified atom stereocenters. The number of nitrogens with one attached hydrogen (secondary N) is 1. The maximum absolute atomic E-state index is 8.80. The van der Waals surface area contributed by atoms with Gasteiger partial charge in [-0.15, -0.1) is 0 Å². The van der Waals surface area contributed by atoms with Crippen LogP contribution in [0.25, 0.3) is 0 Å². The third-order valence-electron chi connectivity index (χ3n) is 2.71. The number of aryl methyl sites for hydroxylation is 1. The fraction of sp³-hybridized carbons (Fsp3) is 0.818. The lowest BCUT2D eigenvalue weighted by molar-refractivity contribution is 0.211. The predicted molar refractivity (Wildman–Crippen MR) is 66.8 cm³/mol. The molecule has 1 aromatic heterocycles. The number of likely N-dealkylation sites (N-methyl/N-ethyl adjacent to an activating group) is 1. The minimum atomic E-state index is 0.210. The summed E-state index contributed by atoms with van der Waals surface area (Å²) in [5, 5.41) is 16.3.